The lowest BCUT2D eigenvalue weighted by molar-refractivity contribution is -0.115. The van der Waals surface area contributed by atoms with Crippen LogP contribution in [0.5, 0.6) is 0 Å². The van der Waals surface area contributed by atoms with Crippen molar-refractivity contribution in [2.75, 3.05) is 5.75 Å². The number of rotatable bonds is 5. The number of amides is 1. The molecule has 0 heterocycles. The zero-order valence-electron chi connectivity index (χ0n) is 6.55. The zero-order valence-corrected chi connectivity index (χ0v) is 9.52. The van der Waals surface area contributed by atoms with Crippen LogP contribution in [0.4, 0.5) is 0 Å². The molecule has 0 aliphatic carbocycles. The summed E-state index contributed by atoms with van der Waals surface area (Å²) < 4.78 is 0. The van der Waals surface area contributed by atoms with E-state index < -0.39 is 0 Å². The molecule has 1 amide bonds. The summed E-state index contributed by atoms with van der Waals surface area (Å²) in [6.45, 7) is 1.47. The van der Waals surface area contributed by atoms with Gasteiger partial charge < -0.3 is 0 Å². The van der Waals surface area contributed by atoms with Crippen LogP contribution < -0.4 is 0 Å². The molecule has 0 aromatic rings. The van der Waals surface area contributed by atoms with Crippen molar-refractivity contribution in [3.8, 4) is 0 Å². The summed E-state index contributed by atoms with van der Waals surface area (Å²) in [4.78, 5) is 14.0. The van der Waals surface area contributed by atoms with E-state index in [1.54, 1.807) is 6.21 Å². The normalized spacial score (nSPS) is 10.7. The number of nitrogens with zero attached hydrogens (tertiary/aromatic N) is 1. The Hall–Kier alpha value is 0.420. The second kappa shape index (κ2) is 8.52. The van der Waals surface area contributed by atoms with Gasteiger partial charge in [0, 0.05) is 18.9 Å². The molecular weight excluding hydrogens is 273 g/mol. The van der Waals surface area contributed by atoms with Crippen LogP contribution in [0.1, 0.15) is 26.2 Å². The van der Waals surface area contributed by atoms with E-state index in [1.165, 1.54) is 19.1 Å². The third kappa shape index (κ3) is 10.4. The van der Waals surface area contributed by atoms with Gasteiger partial charge in [-0.2, -0.15) is 0 Å². The second-order valence-corrected chi connectivity index (χ2v) is 4.63. The maximum atomic E-state index is 10.3. The molecule has 0 saturated carbocycles. The first-order chi connectivity index (χ1) is 5.27. The average Bonchev–Trinajstić information content (AvgIpc) is 1.96. The minimum absolute atomic E-state index is 0.103. The Balaban J connectivity index is 3.07. The third-order valence-electron chi connectivity index (χ3n) is 1.08. The summed E-state index contributed by atoms with van der Waals surface area (Å²) in [7, 11) is 1.82. The van der Waals surface area contributed by atoms with E-state index in [-0.39, 0.29) is 5.91 Å². The van der Waals surface area contributed by atoms with Gasteiger partial charge in [-0.1, -0.05) is 8.93 Å². The topological polar surface area (TPSA) is 29.4 Å². The summed E-state index contributed by atoms with van der Waals surface area (Å²) in [6.07, 6.45) is 4.97. The summed E-state index contributed by atoms with van der Waals surface area (Å²) >= 11 is 2.29. The Morgan fingerprint density at radius 2 is 2.36 bits per heavy atom. The van der Waals surface area contributed by atoms with Gasteiger partial charge in [0.05, 0.1) is 0 Å². The van der Waals surface area contributed by atoms with E-state index in [0.717, 1.165) is 12.8 Å². The minimum atomic E-state index is -0.103. The van der Waals surface area contributed by atoms with Gasteiger partial charge in [0.15, 0.2) is 0 Å². The highest BCUT2D eigenvalue weighted by Gasteiger charge is 1.86. The molecule has 0 aromatic carbocycles. The van der Waals surface area contributed by atoms with Crippen molar-refractivity contribution in [3.63, 3.8) is 0 Å². The summed E-state index contributed by atoms with van der Waals surface area (Å²) in [6, 6.07) is 0. The van der Waals surface area contributed by atoms with Gasteiger partial charge in [0.1, 0.15) is 0 Å². The van der Waals surface area contributed by atoms with Gasteiger partial charge in [-0.25, -0.2) is 4.99 Å². The predicted octanol–water partition coefficient (Wildman–Crippen LogP) is 2.86. The largest absolute Gasteiger partial charge is 0.273 e. The first-order valence-corrected chi connectivity index (χ1v) is 7.07. The van der Waals surface area contributed by atoms with Crippen LogP contribution in [-0.2, 0) is 4.79 Å². The van der Waals surface area contributed by atoms with Crippen molar-refractivity contribution < 1.29 is 4.79 Å². The van der Waals surface area contributed by atoms with E-state index in [1.807, 2.05) is 8.93 Å². The Morgan fingerprint density at radius 3 is 2.91 bits per heavy atom. The molecule has 0 unspecified atom stereocenters. The number of halogens is 1. The molecule has 64 valence electrons. The van der Waals surface area contributed by atoms with Crippen LogP contribution in [0.2, 0.25) is 0 Å². The fourth-order valence-corrected chi connectivity index (χ4v) is 1.83. The molecule has 0 aliphatic rings. The predicted molar refractivity (Wildman–Crippen MR) is 59.5 cm³/mol. The quantitative estimate of drug-likeness (QED) is 0.441. The highest BCUT2D eigenvalue weighted by Crippen LogP contribution is 2.13. The van der Waals surface area contributed by atoms with E-state index in [9.17, 15) is 4.79 Å². The van der Waals surface area contributed by atoms with Crippen LogP contribution in [0.3, 0.4) is 0 Å². The monoisotopic (exact) mass is 285 g/mol. The summed E-state index contributed by atoms with van der Waals surface area (Å²) in [5.74, 6) is 1.09. The molecule has 4 heteroatoms. The van der Waals surface area contributed by atoms with Crippen LogP contribution >= 0.6 is 30.1 Å². The maximum Gasteiger partial charge on any atom is 0.242 e. The minimum Gasteiger partial charge on any atom is -0.273 e. The molecule has 0 N–H and O–H groups in total. The number of aliphatic imine (C=N–C) groups is 1. The number of unbranched alkanes of at least 4 members (excludes halogenated alkanes) is 2. The van der Waals surface area contributed by atoms with E-state index in [2.05, 4.69) is 26.2 Å². The van der Waals surface area contributed by atoms with Crippen molar-refractivity contribution in [2.45, 2.75) is 26.2 Å². The molecule has 0 rings (SSSR count). The standard InChI is InChI=1S/C7H12INOS/c1-7(10)9-5-3-2-4-6-11-8/h5H,2-4,6H2,1H3. The molecule has 11 heavy (non-hydrogen) atoms. The number of hydrogen-bond donors (Lipinski definition) is 0. The van der Waals surface area contributed by atoms with Crippen LogP contribution in [0.25, 0.3) is 0 Å². The fourth-order valence-electron chi connectivity index (χ4n) is 0.585. The van der Waals surface area contributed by atoms with Gasteiger partial charge in [-0.15, -0.1) is 0 Å². The van der Waals surface area contributed by atoms with Gasteiger partial charge >= 0.3 is 0 Å². The lowest BCUT2D eigenvalue weighted by atomic mass is 10.3. The van der Waals surface area contributed by atoms with E-state index in [4.69, 9.17) is 0 Å². The molecule has 0 bridgehead atoms. The molecule has 0 atom stereocenters. The number of carbonyl (C=O) groups is 1. The molecule has 0 radical (unpaired) electrons. The lowest BCUT2D eigenvalue weighted by Crippen LogP contribution is -1.85. The number of hydrogen-bond acceptors (Lipinski definition) is 2. The molecule has 0 aliphatic heterocycles. The van der Waals surface area contributed by atoms with Crippen molar-refractivity contribution >= 4 is 42.3 Å². The lowest BCUT2D eigenvalue weighted by Gasteiger charge is -1.91. The molecule has 2 nitrogen and oxygen atoms in total. The SMILES string of the molecule is CC(=O)N=CCCCCSI. The van der Waals surface area contributed by atoms with Gasteiger partial charge in [-0.05, 0) is 40.5 Å². The van der Waals surface area contributed by atoms with E-state index >= 15 is 0 Å². The summed E-state index contributed by atoms with van der Waals surface area (Å²) in [5, 5.41) is 0. The van der Waals surface area contributed by atoms with Crippen LogP contribution in [0.15, 0.2) is 4.99 Å². The van der Waals surface area contributed by atoms with Crippen molar-refractivity contribution in [1.82, 2.24) is 0 Å². The molecule has 0 spiro atoms. The van der Waals surface area contributed by atoms with Crippen LogP contribution in [-0.4, -0.2) is 17.9 Å². The summed E-state index contributed by atoms with van der Waals surface area (Å²) in [5.41, 5.74) is 0. The third-order valence-corrected chi connectivity index (χ3v) is 2.84. The fraction of sp³-hybridized carbons (Fsp3) is 0.714. The van der Waals surface area contributed by atoms with Gasteiger partial charge in [0.25, 0.3) is 0 Å². The Morgan fingerprint density at radius 1 is 1.64 bits per heavy atom. The molecule has 0 aromatic heterocycles. The van der Waals surface area contributed by atoms with Crippen LogP contribution in [0, 0.1) is 0 Å². The Labute approximate surface area is 83.8 Å². The van der Waals surface area contributed by atoms with Gasteiger partial charge in [0.2, 0.25) is 5.91 Å². The zero-order chi connectivity index (χ0) is 8.53. The van der Waals surface area contributed by atoms with E-state index in [0.29, 0.717) is 0 Å². The van der Waals surface area contributed by atoms with Crippen molar-refractivity contribution in [3.05, 3.63) is 0 Å². The van der Waals surface area contributed by atoms with Crippen molar-refractivity contribution in [1.29, 1.82) is 0 Å². The maximum absolute atomic E-state index is 10.3. The first-order valence-electron chi connectivity index (χ1n) is 3.54. The molecular formula is C7H12INOS. The molecule has 0 fully saturated rings. The Kier molecular flexibility index (Phi) is 8.84. The highest BCUT2D eigenvalue weighted by molar-refractivity contribution is 14.2. The molecule has 0 saturated heterocycles. The second-order valence-electron chi connectivity index (χ2n) is 2.14. The highest BCUT2D eigenvalue weighted by atomic mass is 127. The van der Waals surface area contributed by atoms with Crippen molar-refractivity contribution in [2.24, 2.45) is 4.99 Å². The average molecular weight is 285 g/mol. The van der Waals surface area contributed by atoms with Gasteiger partial charge in [-0.3, -0.25) is 4.79 Å². The number of carbonyl (C=O) groups excluding carboxylic acids is 1. The first kappa shape index (κ1) is 11.4. The smallest absolute Gasteiger partial charge is 0.242 e. The Bertz CT molecular complexity index is 138.